The molecule has 2 aliphatic heterocycles. The zero-order chi connectivity index (χ0) is 19.4. The molecule has 2 heterocycles. The molecular formula is C21H35IN4O3. The number of guanidine groups is 1. The van der Waals surface area contributed by atoms with Gasteiger partial charge in [0.1, 0.15) is 0 Å². The van der Waals surface area contributed by atoms with Crippen molar-refractivity contribution in [3.05, 3.63) is 29.8 Å². The van der Waals surface area contributed by atoms with Gasteiger partial charge in [-0.1, -0.05) is 12.1 Å². The number of nitrogens with zero attached hydrogens (tertiary/aromatic N) is 2. The van der Waals surface area contributed by atoms with Crippen molar-refractivity contribution in [1.29, 1.82) is 0 Å². The third-order valence-electron chi connectivity index (χ3n) is 5.13. The van der Waals surface area contributed by atoms with Gasteiger partial charge in [-0.3, -0.25) is 4.99 Å². The Morgan fingerprint density at radius 3 is 2.62 bits per heavy atom. The number of nitrogens with one attached hydrogen (secondary N) is 2. The number of morpholine rings is 1. The molecule has 0 radical (unpaired) electrons. The number of anilines is 1. The van der Waals surface area contributed by atoms with Crippen molar-refractivity contribution in [2.24, 2.45) is 10.9 Å². The summed E-state index contributed by atoms with van der Waals surface area (Å²) in [6.45, 7) is 8.46. The molecule has 1 aromatic carbocycles. The molecule has 0 saturated carbocycles. The minimum atomic E-state index is 0. The minimum absolute atomic E-state index is 0. The van der Waals surface area contributed by atoms with Crippen LogP contribution in [0.3, 0.4) is 0 Å². The zero-order valence-corrected chi connectivity index (χ0v) is 19.7. The van der Waals surface area contributed by atoms with Gasteiger partial charge in [0.05, 0.1) is 26.4 Å². The summed E-state index contributed by atoms with van der Waals surface area (Å²) in [5.74, 6) is 1.40. The number of halogens is 1. The molecule has 8 heteroatoms. The second-order valence-corrected chi connectivity index (χ2v) is 7.28. The second-order valence-electron chi connectivity index (χ2n) is 7.28. The Bertz CT molecular complexity index is 588. The largest absolute Gasteiger partial charge is 0.381 e. The molecule has 0 bridgehead atoms. The van der Waals surface area contributed by atoms with Crippen LogP contribution >= 0.6 is 24.0 Å². The highest BCUT2D eigenvalue weighted by Crippen LogP contribution is 2.16. The first kappa shape index (κ1) is 24.2. The Labute approximate surface area is 191 Å². The standard InChI is InChI=1S/C21H34N4O3.HI/c1-22-21(23-8-2-11-27-16-19-7-12-28-17-19)24-15-18-3-5-20(6-4-18)25-9-13-26-14-10-25;/h3-6,19H,2,7-17H2,1H3,(H2,22,23,24);1H. The Morgan fingerprint density at radius 2 is 1.93 bits per heavy atom. The van der Waals surface area contributed by atoms with Gasteiger partial charge in [-0.25, -0.2) is 0 Å². The maximum atomic E-state index is 5.73. The van der Waals surface area contributed by atoms with Crippen LogP contribution in [0.5, 0.6) is 0 Å². The van der Waals surface area contributed by atoms with Gasteiger partial charge in [0.15, 0.2) is 5.96 Å². The van der Waals surface area contributed by atoms with E-state index in [4.69, 9.17) is 14.2 Å². The van der Waals surface area contributed by atoms with E-state index in [-0.39, 0.29) is 24.0 Å². The van der Waals surface area contributed by atoms with E-state index in [2.05, 4.69) is 44.8 Å². The SMILES string of the molecule is CN=C(NCCCOCC1CCOC1)NCc1ccc(N2CCOCC2)cc1.I. The maximum Gasteiger partial charge on any atom is 0.191 e. The lowest BCUT2D eigenvalue weighted by Crippen LogP contribution is -2.37. The van der Waals surface area contributed by atoms with Crippen molar-refractivity contribution >= 4 is 35.6 Å². The van der Waals surface area contributed by atoms with Crippen molar-refractivity contribution < 1.29 is 14.2 Å². The Hall–Kier alpha value is -1.10. The van der Waals surface area contributed by atoms with E-state index >= 15 is 0 Å². The highest BCUT2D eigenvalue weighted by atomic mass is 127. The van der Waals surface area contributed by atoms with Gasteiger partial charge in [-0.2, -0.15) is 0 Å². The van der Waals surface area contributed by atoms with Crippen LogP contribution < -0.4 is 15.5 Å². The van der Waals surface area contributed by atoms with Crippen LogP contribution in [0.2, 0.25) is 0 Å². The molecule has 2 N–H and O–H groups in total. The van der Waals surface area contributed by atoms with Gasteiger partial charge < -0.3 is 29.7 Å². The summed E-state index contributed by atoms with van der Waals surface area (Å²) >= 11 is 0. The molecule has 1 aromatic rings. The molecular weight excluding hydrogens is 483 g/mol. The molecule has 0 spiro atoms. The number of aliphatic imine (C=N–C) groups is 1. The molecule has 164 valence electrons. The number of ether oxygens (including phenoxy) is 3. The smallest absolute Gasteiger partial charge is 0.191 e. The van der Waals surface area contributed by atoms with Crippen LogP contribution in [0.25, 0.3) is 0 Å². The third-order valence-corrected chi connectivity index (χ3v) is 5.13. The molecule has 2 aliphatic rings. The first-order valence-corrected chi connectivity index (χ1v) is 10.4. The van der Waals surface area contributed by atoms with Gasteiger partial charge in [0, 0.05) is 58.0 Å². The second kappa shape index (κ2) is 14.0. The van der Waals surface area contributed by atoms with Gasteiger partial charge in [-0.05, 0) is 30.5 Å². The van der Waals surface area contributed by atoms with E-state index in [0.717, 1.165) is 84.6 Å². The van der Waals surface area contributed by atoms with Crippen molar-refractivity contribution in [3.8, 4) is 0 Å². The lowest BCUT2D eigenvalue weighted by molar-refractivity contribution is 0.0888. The molecule has 29 heavy (non-hydrogen) atoms. The van der Waals surface area contributed by atoms with Crippen LogP contribution in [0, 0.1) is 5.92 Å². The molecule has 1 unspecified atom stereocenters. The topological polar surface area (TPSA) is 67.4 Å². The summed E-state index contributed by atoms with van der Waals surface area (Å²) in [5.41, 5.74) is 2.50. The van der Waals surface area contributed by atoms with E-state index in [1.807, 2.05) is 0 Å². The fraction of sp³-hybridized carbons (Fsp3) is 0.667. The first-order chi connectivity index (χ1) is 13.8. The Balaban J connectivity index is 0.00000300. The maximum absolute atomic E-state index is 5.73. The molecule has 2 saturated heterocycles. The summed E-state index contributed by atoms with van der Waals surface area (Å²) in [6, 6.07) is 8.72. The molecule has 7 nitrogen and oxygen atoms in total. The molecule has 3 rings (SSSR count). The van der Waals surface area contributed by atoms with Crippen LogP contribution in [0.4, 0.5) is 5.69 Å². The Kier molecular flexibility index (Phi) is 11.7. The van der Waals surface area contributed by atoms with Crippen molar-refractivity contribution in [1.82, 2.24) is 10.6 Å². The summed E-state index contributed by atoms with van der Waals surface area (Å²) < 4.78 is 16.5. The molecule has 0 aliphatic carbocycles. The van der Waals surface area contributed by atoms with E-state index < -0.39 is 0 Å². The average molecular weight is 518 g/mol. The molecule has 0 aromatic heterocycles. The summed E-state index contributed by atoms with van der Waals surface area (Å²) in [4.78, 5) is 6.65. The monoisotopic (exact) mass is 518 g/mol. The van der Waals surface area contributed by atoms with Gasteiger partial charge in [0.2, 0.25) is 0 Å². The Morgan fingerprint density at radius 1 is 1.14 bits per heavy atom. The van der Waals surface area contributed by atoms with Crippen LogP contribution in [-0.2, 0) is 20.8 Å². The normalized spacial score (nSPS) is 19.7. The van der Waals surface area contributed by atoms with E-state index in [9.17, 15) is 0 Å². The van der Waals surface area contributed by atoms with Crippen molar-refractivity contribution in [3.63, 3.8) is 0 Å². The van der Waals surface area contributed by atoms with Crippen LogP contribution in [0.15, 0.2) is 29.3 Å². The number of hydrogen-bond donors (Lipinski definition) is 2. The predicted octanol–water partition coefficient (Wildman–Crippen LogP) is 2.25. The average Bonchev–Trinajstić information content (AvgIpc) is 3.27. The van der Waals surface area contributed by atoms with Gasteiger partial charge in [-0.15, -0.1) is 24.0 Å². The van der Waals surface area contributed by atoms with Gasteiger partial charge >= 0.3 is 0 Å². The number of hydrogen-bond acceptors (Lipinski definition) is 5. The quantitative estimate of drug-likeness (QED) is 0.226. The van der Waals surface area contributed by atoms with E-state index in [1.165, 1.54) is 11.3 Å². The van der Waals surface area contributed by atoms with Crippen molar-refractivity contribution in [2.45, 2.75) is 19.4 Å². The van der Waals surface area contributed by atoms with Gasteiger partial charge in [0.25, 0.3) is 0 Å². The highest BCUT2D eigenvalue weighted by molar-refractivity contribution is 14.0. The lowest BCUT2D eigenvalue weighted by Gasteiger charge is -2.28. The molecule has 0 amide bonds. The molecule has 1 atom stereocenters. The number of rotatable bonds is 9. The number of benzene rings is 1. The third kappa shape index (κ3) is 8.65. The van der Waals surface area contributed by atoms with Crippen LogP contribution in [0.1, 0.15) is 18.4 Å². The first-order valence-electron chi connectivity index (χ1n) is 10.4. The zero-order valence-electron chi connectivity index (χ0n) is 17.4. The lowest BCUT2D eigenvalue weighted by atomic mass is 10.1. The minimum Gasteiger partial charge on any atom is -0.381 e. The van der Waals surface area contributed by atoms with E-state index in [1.54, 1.807) is 7.05 Å². The summed E-state index contributed by atoms with van der Waals surface area (Å²) in [5, 5.41) is 6.71. The fourth-order valence-corrected chi connectivity index (χ4v) is 3.40. The van der Waals surface area contributed by atoms with Crippen LogP contribution in [-0.4, -0.2) is 72.3 Å². The molecule has 2 fully saturated rings. The predicted molar refractivity (Wildman–Crippen MR) is 127 cm³/mol. The van der Waals surface area contributed by atoms with Crippen molar-refractivity contribution in [2.75, 3.05) is 71.2 Å². The summed E-state index contributed by atoms with van der Waals surface area (Å²) in [7, 11) is 1.80. The highest BCUT2D eigenvalue weighted by Gasteiger charge is 2.15. The van der Waals surface area contributed by atoms with E-state index in [0.29, 0.717) is 5.92 Å². The summed E-state index contributed by atoms with van der Waals surface area (Å²) in [6.07, 6.45) is 2.09. The fourth-order valence-electron chi connectivity index (χ4n) is 3.40.